The molecule has 0 aromatic heterocycles. The van der Waals surface area contributed by atoms with Crippen molar-refractivity contribution in [1.29, 1.82) is 0 Å². The minimum Gasteiger partial charge on any atom is -0.389 e. The zero-order valence-corrected chi connectivity index (χ0v) is 15.2. The van der Waals surface area contributed by atoms with E-state index in [2.05, 4.69) is 66.4 Å². The molecule has 132 valence electrons. The quantitative estimate of drug-likeness (QED) is 0.910. The molecule has 0 spiro atoms. The van der Waals surface area contributed by atoms with Crippen molar-refractivity contribution in [2.24, 2.45) is 0 Å². The van der Waals surface area contributed by atoms with Crippen LogP contribution >= 0.6 is 0 Å². The molecule has 2 heterocycles. The highest BCUT2D eigenvalue weighted by molar-refractivity contribution is 5.26. The summed E-state index contributed by atoms with van der Waals surface area (Å²) in [5.41, 5.74) is 2.41. The highest BCUT2D eigenvalue weighted by atomic mass is 16.3. The van der Waals surface area contributed by atoms with E-state index in [1.165, 1.54) is 24.0 Å². The van der Waals surface area contributed by atoms with Crippen LogP contribution in [0.4, 0.5) is 0 Å². The van der Waals surface area contributed by atoms with Gasteiger partial charge in [-0.2, -0.15) is 0 Å². The van der Waals surface area contributed by atoms with E-state index in [9.17, 15) is 5.11 Å². The Kier molecular flexibility index (Phi) is 4.43. The first kappa shape index (κ1) is 16.8. The van der Waals surface area contributed by atoms with E-state index in [-0.39, 0.29) is 5.41 Å². The SMILES string of the molecule is CC1(c2ccccc2)CCC2CC(O)(Cc3ccccc3)CCN2C1. The number of fused-ring (bicyclic) bond motifs is 1. The van der Waals surface area contributed by atoms with Crippen molar-refractivity contribution in [1.82, 2.24) is 4.90 Å². The number of nitrogens with zero attached hydrogens (tertiary/aromatic N) is 1. The third-order valence-corrected chi connectivity index (χ3v) is 6.42. The monoisotopic (exact) mass is 335 g/mol. The van der Waals surface area contributed by atoms with E-state index in [1.54, 1.807) is 0 Å². The average molecular weight is 335 g/mol. The summed E-state index contributed by atoms with van der Waals surface area (Å²) < 4.78 is 0. The van der Waals surface area contributed by atoms with E-state index < -0.39 is 5.60 Å². The molecule has 4 rings (SSSR count). The van der Waals surface area contributed by atoms with Crippen LogP contribution in [0.2, 0.25) is 0 Å². The molecule has 2 fully saturated rings. The van der Waals surface area contributed by atoms with Gasteiger partial charge in [0.25, 0.3) is 0 Å². The molecule has 3 unspecified atom stereocenters. The van der Waals surface area contributed by atoms with Crippen LogP contribution < -0.4 is 0 Å². The summed E-state index contributed by atoms with van der Waals surface area (Å²) in [4.78, 5) is 2.63. The van der Waals surface area contributed by atoms with Crippen molar-refractivity contribution in [2.75, 3.05) is 13.1 Å². The highest BCUT2D eigenvalue weighted by Gasteiger charge is 2.44. The van der Waals surface area contributed by atoms with Crippen LogP contribution in [0.5, 0.6) is 0 Å². The Morgan fingerprint density at radius 3 is 2.40 bits per heavy atom. The van der Waals surface area contributed by atoms with Crippen molar-refractivity contribution in [2.45, 2.75) is 56.1 Å². The highest BCUT2D eigenvalue weighted by Crippen LogP contribution is 2.41. The number of hydrogen-bond donors (Lipinski definition) is 1. The van der Waals surface area contributed by atoms with Gasteiger partial charge in [0.05, 0.1) is 5.60 Å². The normalized spacial score (nSPS) is 33.0. The van der Waals surface area contributed by atoms with E-state index >= 15 is 0 Å². The molecular formula is C23H29NO. The van der Waals surface area contributed by atoms with Gasteiger partial charge in [-0.3, -0.25) is 4.90 Å². The summed E-state index contributed by atoms with van der Waals surface area (Å²) in [6, 6.07) is 21.9. The first-order valence-corrected chi connectivity index (χ1v) is 9.62. The van der Waals surface area contributed by atoms with Crippen LogP contribution in [-0.2, 0) is 11.8 Å². The average Bonchev–Trinajstić information content (AvgIpc) is 2.64. The Hall–Kier alpha value is -1.64. The molecule has 2 nitrogen and oxygen atoms in total. The van der Waals surface area contributed by atoms with Gasteiger partial charge in [-0.1, -0.05) is 67.6 Å². The van der Waals surface area contributed by atoms with Crippen molar-refractivity contribution in [3.63, 3.8) is 0 Å². The largest absolute Gasteiger partial charge is 0.389 e. The summed E-state index contributed by atoms with van der Waals surface area (Å²) in [6.07, 6.45) is 4.96. The molecular weight excluding hydrogens is 306 g/mol. The van der Waals surface area contributed by atoms with Gasteiger partial charge in [0.1, 0.15) is 0 Å². The van der Waals surface area contributed by atoms with E-state index in [0.29, 0.717) is 6.04 Å². The van der Waals surface area contributed by atoms with Crippen LogP contribution in [0.3, 0.4) is 0 Å². The number of aliphatic hydroxyl groups is 1. The van der Waals surface area contributed by atoms with Gasteiger partial charge < -0.3 is 5.11 Å². The molecule has 0 amide bonds. The van der Waals surface area contributed by atoms with Crippen LogP contribution in [-0.4, -0.2) is 34.7 Å². The first-order chi connectivity index (χ1) is 12.1. The number of rotatable bonds is 3. The van der Waals surface area contributed by atoms with Crippen LogP contribution in [0, 0.1) is 0 Å². The lowest BCUT2D eigenvalue weighted by Gasteiger charge is -2.51. The molecule has 2 heteroatoms. The Bertz CT molecular complexity index is 701. The molecule has 2 saturated heterocycles. The number of piperidine rings is 2. The molecule has 0 bridgehead atoms. The van der Waals surface area contributed by atoms with Crippen LogP contribution in [0.1, 0.15) is 43.7 Å². The van der Waals surface area contributed by atoms with Gasteiger partial charge in [-0.15, -0.1) is 0 Å². The van der Waals surface area contributed by atoms with E-state index in [1.807, 2.05) is 6.07 Å². The molecule has 2 aromatic rings. The molecule has 25 heavy (non-hydrogen) atoms. The Labute approximate surface area is 151 Å². The summed E-state index contributed by atoms with van der Waals surface area (Å²) in [5.74, 6) is 0. The van der Waals surface area contributed by atoms with Crippen molar-refractivity contribution >= 4 is 0 Å². The second kappa shape index (κ2) is 6.59. The molecule has 2 aliphatic heterocycles. The summed E-state index contributed by atoms with van der Waals surface area (Å²) >= 11 is 0. The molecule has 0 radical (unpaired) electrons. The lowest BCUT2D eigenvalue weighted by Crippen LogP contribution is -2.57. The minimum atomic E-state index is -0.539. The predicted molar refractivity (Wildman–Crippen MR) is 103 cm³/mol. The fraction of sp³-hybridized carbons (Fsp3) is 0.478. The van der Waals surface area contributed by atoms with Gasteiger partial charge in [0, 0.05) is 31.0 Å². The standard InChI is InChI=1S/C23H29NO/c1-22(20-10-6-3-7-11-20)13-12-21-17-23(25,14-15-24(21)18-22)16-19-8-4-2-5-9-19/h2-11,21,25H,12-18H2,1H3. The van der Waals surface area contributed by atoms with Gasteiger partial charge in [-0.05, 0) is 36.8 Å². The second-order valence-corrected chi connectivity index (χ2v) is 8.43. The topological polar surface area (TPSA) is 23.5 Å². The second-order valence-electron chi connectivity index (χ2n) is 8.43. The molecule has 2 aliphatic rings. The Balaban J connectivity index is 1.45. The maximum Gasteiger partial charge on any atom is 0.0715 e. The lowest BCUT2D eigenvalue weighted by atomic mass is 9.70. The van der Waals surface area contributed by atoms with E-state index in [0.717, 1.165) is 32.4 Å². The fourth-order valence-corrected chi connectivity index (χ4v) is 4.92. The molecule has 2 aromatic carbocycles. The van der Waals surface area contributed by atoms with Gasteiger partial charge >= 0.3 is 0 Å². The minimum absolute atomic E-state index is 0.243. The van der Waals surface area contributed by atoms with Gasteiger partial charge in [0.2, 0.25) is 0 Å². The van der Waals surface area contributed by atoms with Crippen molar-refractivity contribution in [3.05, 3.63) is 71.8 Å². The summed E-state index contributed by atoms with van der Waals surface area (Å²) in [6.45, 7) is 4.53. The maximum atomic E-state index is 11.2. The summed E-state index contributed by atoms with van der Waals surface area (Å²) in [5, 5.41) is 11.2. The Morgan fingerprint density at radius 2 is 1.68 bits per heavy atom. The lowest BCUT2D eigenvalue weighted by molar-refractivity contribution is -0.0661. The molecule has 0 saturated carbocycles. The van der Waals surface area contributed by atoms with Crippen LogP contribution in [0.25, 0.3) is 0 Å². The molecule has 3 atom stereocenters. The third-order valence-electron chi connectivity index (χ3n) is 6.42. The van der Waals surface area contributed by atoms with E-state index in [4.69, 9.17) is 0 Å². The molecule has 0 aliphatic carbocycles. The van der Waals surface area contributed by atoms with Gasteiger partial charge in [-0.25, -0.2) is 0 Å². The maximum absolute atomic E-state index is 11.2. The zero-order valence-electron chi connectivity index (χ0n) is 15.2. The first-order valence-electron chi connectivity index (χ1n) is 9.62. The van der Waals surface area contributed by atoms with Crippen LogP contribution in [0.15, 0.2) is 60.7 Å². The van der Waals surface area contributed by atoms with Crippen molar-refractivity contribution in [3.8, 4) is 0 Å². The zero-order chi connectivity index (χ0) is 17.3. The van der Waals surface area contributed by atoms with Crippen molar-refractivity contribution < 1.29 is 5.11 Å². The predicted octanol–water partition coefficient (Wildman–Crippen LogP) is 4.18. The summed E-state index contributed by atoms with van der Waals surface area (Å²) in [7, 11) is 0. The third kappa shape index (κ3) is 3.51. The smallest absolute Gasteiger partial charge is 0.0715 e. The molecule has 1 N–H and O–H groups in total. The number of hydrogen-bond acceptors (Lipinski definition) is 2. The van der Waals surface area contributed by atoms with Gasteiger partial charge in [0.15, 0.2) is 0 Å². The Morgan fingerprint density at radius 1 is 1.00 bits per heavy atom. The fourth-order valence-electron chi connectivity index (χ4n) is 4.92. The number of benzene rings is 2.